The van der Waals surface area contributed by atoms with Crippen LogP contribution in [0.2, 0.25) is 0 Å². The number of carbonyl (C=O) groups is 1. The minimum atomic E-state index is -3.92. The Morgan fingerprint density at radius 3 is 2.07 bits per heavy atom. The van der Waals surface area contributed by atoms with E-state index in [2.05, 4.69) is 26.1 Å². The molecular weight excluding hydrogens is 593 g/mol. The van der Waals surface area contributed by atoms with E-state index < -0.39 is 10.0 Å². The third-order valence-corrected chi connectivity index (χ3v) is 8.80. The molecular formula is C33H28N6O3S2. The van der Waals surface area contributed by atoms with Crippen LogP contribution in [0.3, 0.4) is 0 Å². The Labute approximate surface area is 260 Å². The highest BCUT2D eigenvalue weighted by molar-refractivity contribution is 7.99. The van der Waals surface area contributed by atoms with Gasteiger partial charge in [-0.3, -0.25) is 4.79 Å². The van der Waals surface area contributed by atoms with Crippen molar-refractivity contribution in [3.05, 3.63) is 114 Å². The minimum Gasteiger partial charge on any atom is -0.326 e. The van der Waals surface area contributed by atoms with Crippen molar-refractivity contribution in [1.29, 1.82) is 5.26 Å². The molecule has 0 aliphatic heterocycles. The van der Waals surface area contributed by atoms with E-state index in [0.29, 0.717) is 33.4 Å². The molecule has 0 spiro atoms. The lowest BCUT2D eigenvalue weighted by Crippen LogP contribution is -2.16. The van der Waals surface area contributed by atoms with E-state index in [9.17, 15) is 18.5 Å². The van der Waals surface area contributed by atoms with E-state index in [0.717, 1.165) is 22.4 Å². The molecule has 0 radical (unpaired) electrons. The first-order valence-corrected chi connectivity index (χ1v) is 16.1. The fourth-order valence-electron chi connectivity index (χ4n) is 4.47. The number of benzene rings is 3. The number of hydrogen-bond acceptors (Lipinski definition) is 8. The first-order chi connectivity index (χ1) is 21.2. The predicted octanol–water partition coefficient (Wildman–Crippen LogP) is 6.62. The Kier molecular flexibility index (Phi) is 9.33. The van der Waals surface area contributed by atoms with Gasteiger partial charge in [-0.15, -0.1) is 11.8 Å². The quantitative estimate of drug-likeness (QED) is 0.166. The number of pyridine rings is 1. The van der Waals surface area contributed by atoms with Crippen molar-refractivity contribution in [2.45, 2.75) is 30.2 Å². The number of anilines is 2. The lowest BCUT2D eigenvalue weighted by atomic mass is 9.99. The van der Waals surface area contributed by atoms with Crippen molar-refractivity contribution in [3.63, 3.8) is 0 Å². The summed E-state index contributed by atoms with van der Waals surface area (Å²) in [4.78, 5) is 25.8. The molecule has 0 saturated carbocycles. The van der Waals surface area contributed by atoms with Gasteiger partial charge in [0.15, 0.2) is 0 Å². The third kappa shape index (κ3) is 7.47. The molecule has 0 saturated heterocycles. The average Bonchev–Trinajstić information content (AvgIpc) is 3.01. The van der Waals surface area contributed by atoms with Crippen LogP contribution in [0.4, 0.5) is 11.6 Å². The summed E-state index contributed by atoms with van der Waals surface area (Å²) in [7, 11) is -3.92. The van der Waals surface area contributed by atoms with Crippen molar-refractivity contribution in [3.8, 4) is 28.5 Å². The Morgan fingerprint density at radius 2 is 1.45 bits per heavy atom. The first kappa shape index (κ1) is 30.4. The molecule has 2 aromatic heterocycles. The van der Waals surface area contributed by atoms with Crippen molar-refractivity contribution in [2.75, 3.05) is 15.8 Å². The molecule has 2 N–H and O–H groups in total. The van der Waals surface area contributed by atoms with Gasteiger partial charge in [0, 0.05) is 40.4 Å². The molecule has 0 fully saturated rings. The summed E-state index contributed by atoms with van der Waals surface area (Å²) in [5, 5.41) is 13.4. The van der Waals surface area contributed by atoms with Crippen molar-refractivity contribution in [2.24, 2.45) is 0 Å². The fourth-order valence-corrected chi connectivity index (χ4v) is 6.36. The molecule has 44 heavy (non-hydrogen) atoms. The number of rotatable bonds is 10. The summed E-state index contributed by atoms with van der Waals surface area (Å²) in [6, 6.07) is 31.3. The number of sulfonamides is 1. The standard InChI is InChI=1S/C33H28N6O3S2/c1-22-19-23(2)36-33(35-22)39-44(41,42)27-15-13-26(14-16-27)37-31(40)17-18-43-32-29(21-34)28(24-9-5-3-6-10-24)20-30(38-32)25-11-7-4-8-12-25/h3-16,19-20H,17-18H2,1-2H3,(H,37,40)(H,35,36,39). The zero-order valence-electron chi connectivity index (χ0n) is 24.0. The second kappa shape index (κ2) is 13.5. The first-order valence-electron chi connectivity index (χ1n) is 13.7. The number of nitriles is 1. The molecule has 0 bridgehead atoms. The molecule has 2 heterocycles. The lowest BCUT2D eigenvalue weighted by Gasteiger charge is -2.13. The van der Waals surface area contributed by atoms with Gasteiger partial charge < -0.3 is 5.32 Å². The van der Waals surface area contributed by atoms with Gasteiger partial charge in [0.1, 0.15) is 11.1 Å². The predicted molar refractivity (Wildman–Crippen MR) is 173 cm³/mol. The number of amides is 1. The van der Waals surface area contributed by atoms with Crippen LogP contribution in [0, 0.1) is 25.2 Å². The topological polar surface area (TPSA) is 138 Å². The van der Waals surface area contributed by atoms with Gasteiger partial charge in [-0.25, -0.2) is 28.1 Å². The third-order valence-electron chi connectivity index (χ3n) is 6.48. The highest BCUT2D eigenvalue weighted by atomic mass is 32.2. The van der Waals surface area contributed by atoms with Crippen LogP contribution in [-0.2, 0) is 14.8 Å². The Morgan fingerprint density at radius 1 is 0.841 bits per heavy atom. The largest absolute Gasteiger partial charge is 0.326 e. The summed E-state index contributed by atoms with van der Waals surface area (Å²) in [6.45, 7) is 3.51. The van der Waals surface area contributed by atoms with Crippen molar-refractivity contribution in [1.82, 2.24) is 15.0 Å². The maximum atomic E-state index is 12.8. The van der Waals surface area contributed by atoms with Crippen LogP contribution in [0.5, 0.6) is 0 Å². The Balaban J connectivity index is 1.26. The van der Waals surface area contributed by atoms with Crippen molar-refractivity contribution < 1.29 is 13.2 Å². The van der Waals surface area contributed by atoms with Gasteiger partial charge in [0.25, 0.3) is 10.0 Å². The number of thioether (sulfide) groups is 1. The van der Waals surface area contributed by atoms with Gasteiger partial charge in [0.2, 0.25) is 11.9 Å². The Hall–Kier alpha value is -5.05. The highest BCUT2D eigenvalue weighted by Gasteiger charge is 2.18. The fraction of sp³-hybridized carbons (Fsp3) is 0.121. The second-order valence-electron chi connectivity index (χ2n) is 9.83. The number of hydrogen-bond donors (Lipinski definition) is 2. The number of nitrogens with zero attached hydrogens (tertiary/aromatic N) is 4. The number of carbonyl (C=O) groups excluding carboxylic acids is 1. The van der Waals surface area contributed by atoms with Crippen LogP contribution in [0.15, 0.2) is 107 Å². The van der Waals surface area contributed by atoms with Gasteiger partial charge in [-0.05, 0) is 55.8 Å². The maximum absolute atomic E-state index is 12.8. The van der Waals surface area contributed by atoms with Crippen LogP contribution in [0.25, 0.3) is 22.4 Å². The SMILES string of the molecule is Cc1cc(C)nc(NS(=O)(=O)c2ccc(NC(=O)CCSc3nc(-c4ccccc4)cc(-c4ccccc4)c3C#N)cc2)n1. The monoisotopic (exact) mass is 620 g/mol. The molecule has 0 aliphatic rings. The summed E-state index contributed by atoms with van der Waals surface area (Å²) >= 11 is 1.34. The van der Waals surface area contributed by atoms with Gasteiger partial charge in [-0.2, -0.15) is 5.26 Å². The molecule has 3 aromatic carbocycles. The summed E-state index contributed by atoms with van der Waals surface area (Å²) in [5.41, 5.74) is 5.55. The molecule has 0 unspecified atom stereocenters. The van der Waals surface area contributed by atoms with E-state index >= 15 is 0 Å². The van der Waals surface area contributed by atoms with Crippen LogP contribution in [0.1, 0.15) is 23.4 Å². The smallest absolute Gasteiger partial charge is 0.264 e. The highest BCUT2D eigenvalue weighted by Crippen LogP contribution is 2.34. The van der Waals surface area contributed by atoms with E-state index in [-0.39, 0.29) is 23.2 Å². The molecule has 220 valence electrons. The normalized spacial score (nSPS) is 11.0. The zero-order chi connectivity index (χ0) is 31.1. The molecule has 5 rings (SSSR count). The van der Waals surface area contributed by atoms with Crippen LogP contribution in [-0.4, -0.2) is 35.0 Å². The number of aromatic nitrogens is 3. The lowest BCUT2D eigenvalue weighted by molar-refractivity contribution is -0.115. The molecule has 0 atom stereocenters. The van der Waals surface area contributed by atoms with Crippen molar-refractivity contribution >= 4 is 39.3 Å². The summed E-state index contributed by atoms with van der Waals surface area (Å²) < 4.78 is 28.0. The van der Waals surface area contributed by atoms with Gasteiger partial charge in [0.05, 0.1) is 16.2 Å². The zero-order valence-corrected chi connectivity index (χ0v) is 25.6. The van der Waals surface area contributed by atoms with E-state index in [1.807, 2.05) is 66.7 Å². The molecule has 1 amide bonds. The van der Waals surface area contributed by atoms with E-state index in [4.69, 9.17) is 4.98 Å². The van der Waals surface area contributed by atoms with E-state index in [1.54, 1.807) is 19.9 Å². The maximum Gasteiger partial charge on any atom is 0.264 e. The number of nitrogens with one attached hydrogen (secondary N) is 2. The molecule has 9 nitrogen and oxygen atoms in total. The van der Waals surface area contributed by atoms with Gasteiger partial charge in [-0.1, -0.05) is 60.7 Å². The van der Waals surface area contributed by atoms with Crippen LogP contribution >= 0.6 is 11.8 Å². The average molecular weight is 621 g/mol. The minimum absolute atomic E-state index is 0.00313. The Bertz CT molecular complexity index is 1920. The van der Waals surface area contributed by atoms with Crippen LogP contribution < -0.4 is 10.0 Å². The molecule has 11 heteroatoms. The second-order valence-corrected chi connectivity index (χ2v) is 12.6. The van der Waals surface area contributed by atoms with Gasteiger partial charge >= 0.3 is 0 Å². The summed E-state index contributed by atoms with van der Waals surface area (Å²) in [6.07, 6.45) is 0.152. The summed E-state index contributed by atoms with van der Waals surface area (Å²) in [5.74, 6) is 0.124. The molecule has 5 aromatic rings. The van der Waals surface area contributed by atoms with E-state index in [1.165, 1.54) is 36.0 Å². The number of aryl methyl sites for hydroxylation is 2. The molecule has 0 aliphatic carbocycles.